The van der Waals surface area contributed by atoms with Crippen LogP contribution in [-0.2, 0) is 0 Å². The molecule has 2 rings (SSSR count). The second kappa shape index (κ2) is 5.79. The largest absolute Gasteiger partial charge is 0.296 e. The Bertz CT molecular complexity index is 353. The maximum atomic E-state index is 4.78. The van der Waals surface area contributed by atoms with Gasteiger partial charge >= 0.3 is 0 Å². The van der Waals surface area contributed by atoms with E-state index in [9.17, 15) is 0 Å². The zero-order chi connectivity index (χ0) is 15.1. The van der Waals surface area contributed by atoms with Crippen molar-refractivity contribution in [3.63, 3.8) is 0 Å². The molecule has 0 aromatic rings. The van der Waals surface area contributed by atoms with Gasteiger partial charge in [-0.15, -0.1) is 0 Å². The van der Waals surface area contributed by atoms with E-state index in [1.807, 2.05) is 0 Å². The Hall–Kier alpha value is -0.370. The summed E-state index contributed by atoms with van der Waals surface area (Å²) in [5, 5.41) is 0. The predicted octanol–water partition coefficient (Wildman–Crippen LogP) is 4.10. The average molecular weight is 278 g/mol. The van der Waals surface area contributed by atoms with Crippen molar-refractivity contribution < 1.29 is 0 Å². The van der Waals surface area contributed by atoms with Gasteiger partial charge in [-0.3, -0.25) is 9.89 Å². The van der Waals surface area contributed by atoms with Crippen molar-refractivity contribution in [3.8, 4) is 0 Å². The van der Waals surface area contributed by atoms with Gasteiger partial charge in [0.2, 0.25) is 0 Å². The molecule has 0 aromatic heterocycles. The molecule has 0 bridgehead atoms. The van der Waals surface area contributed by atoms with Crippen LogP contribution in [0.1, 0.15) is 54.9 Å². The summed E-state index contributed by atoms with van der Waals surface area (Å²) in [4.78, 5) is 7.52. The molecule has 2 aliphatic heterocycles. The zero-order valence-electron chi connectivity index (χ0n) is 14.6. The Morgan fingerprint density at radius 3 is 2.45 bits per heavy atom. The second-order valence-corrected chi connectivity index (χ2v) is 8.72. The van der Waals surface area contributed by atoms with Gasteiger partial charge < -0.3 is 0 Å². The van der Waals surface area contributed by atoms with Crippen molar-refractivity contribution in [2.45, 2.75) is 67.0 Å². The van der Waals surface area contributed by atoms with Gasteiger partial charge in [-0.1, -0.05) is 41.5 Å². The monoisotopic (exact) mass is 278 g/mol. The summed E-state index contributed by atoms with van der Waals surface area (Å²) in [7, 11) is 0. The van der Waals surface area contributed by atoms with E-state index in [0.29, 0.717) is 17.4 Å². The fourth-order valence-electron chi connectivity index (χ4n) is 4.42. The van der Waals surface area contributed by atoms with E-state index >= 15 is 0 Å². The average Bonchev–Trinajstić information content (AvgIpc) is 2.29. The molecule has 2 nitrogen and oxygen atoms in total. The fraction of sp³-hybridized carbons (Fsp3) is 0.944. The third-order valence-electron chi connectivity index (χ3n) is 5.42. The van der Waals surface area contributed by atoms with Crippen LogP contribution in [0, 0.1) is 29.1 Å². The maximum absolute atomic E-state index is 4.78. The van der Waals surface area contributed by atoms with Gasteiger partial charge in [0.05, 0.1) is 6.54 Å². The first kappa shape index (κ1) is 16.0. The van der Waals surface area contributed by atoms with Crippen LogP contribution in [-0.4, -0.2) is 36.3 Å². The van der Waals surface area contributed by atoms with Gasteiger partial charge in [0.15, 0.2) is 0 Å². The first-order valence-corrected chi connectivity index (χ1v) is 8.46. The second-order valence-electron chi connectivity index (χ2n) is 8.72. The van der Waals surface area contributed by atoms with Crippen LogP contribution in [0.3, 0.4) is 0 Å². The van der Waals surface area contributed by atoms with Crippen molar-refractivity contribution in [1.29, 1.82) is 0 Å². The highest BCUT2D eigenvalue weighted by Gasteiger charge is 2.48. The van der Waals surface area contributed by atoms with Gasteiger partial charge in [0, 0.05) is 24.8 Å². The summed E-state index contributed by atoms with van der Waals surface area (Å²) >= 11 is 0. The van der Waals surface area contributed by atoms with Crippen LogP contribution in [0.4, 0.5) is 0 Å². The molecule has 5 atom stereocenters. The summed E-state index contributed by atoms with van der Waals surface area (Å²) in [6.45, 7) is 18.9. The molecule has 2 aliphatic rings. The minimum atomic E-state index is 0.410. The molecular formula is C18H34N2. The molecule has 0 amide bonds. The van der Waals surface area contributed by atoms with E-state index in [1.165, 1.54) is 13.0 Å². The van der Waals surface area contributed by atoms with E-state index in [1.54, 1.807) is 0 Å². The number of fused-ring (bicyclic) bond motifs is 1. The molecular weight excluding hydrogens is 244 g/mol. The maximum Gasteiger partial charge on any atom is 0.0544 e. The predicted molar refractivity (Wildman–Crippen MR) is 88.4 cm³/mol. The number of aliphatic imine (C=N–C) groups is 1. The van der Waals surface area contributed by atoms with Gasteiger partial charge in [-0.25, -0.2) is 0 Å². The number of hydrogen-bond acceptors (Lipinski definition) is 2. The van der Waals surface area contributed by atoms with E-state index in [4.69, 9.17) is 4.99 Å². The normalized spacial score (nSPS) is 40.7. The van der Waals surface area contributed by atoms with E-state index in [-0.39, 0.29) is 0 Å². The SMILES string of the molecule is CC(C)C1C(C)N2C[C@H](CC(C)(C)C)[C@H](C)/C=N\CC12. The molecule has 1 saturated heterocycles. The minimum absolute atomic E-state index is 0.410. The summed E-state index contributed by atoms with van der Waals surface area (Å²) in [6, 6.07) is 1.43. The molecule has 20 heavy (non-hydrogen) atoms. The first-order chi connectivity index (χ1) is 9.20. The number of nitrogens with zero attached hydrogens (tertiary/aromatic N) is 2. The molecule has 0 spiro atoms. The van der Waals surface area contributed by atoms with Gasteiger partial charge in [-0.05, 0) is 42.4 Å². The fourth-order valence-corrected chi connectivity index (χ4v) is 4.42. The Kier molecular flexibility index (Phi) is 4.63. The van der Waals surface area contributed by atoms with Crippen LogP contribution in [0.15, 0.2) is 4.99 Å². The Morgan fingerprint density at radius 2 is 1.90 bits per heavy atom. The Morgan fingerprint density at radius 1 is 1.25 bits per heavy atom. The smallest absolute Gasteiger partial charge is 0.0544 e. The summed E-state index contributed by atoms with van der Waals surface area (Å²) in [5.41, 5.74) is 0.410. The number of hydrogen-bond donors (Lipinski definition) is 0. The summed E-state index contributed by atoms with van der Waals surface area (Å²) in [6.07, 6.45) is 3.54. The van der Waals surface area contributed by atoms with Crippen molar-refractivity contribution in [3.05, 3.63) is 0 Å². The molecule has 0 aliphatic carbocycles. The van der Waals surface area contributed by atoms with E-state index in [2.05, 4.69) is 59.6 Å². The van der Waals surface area contributed by atoms with Crippen LogP contribution < -0.4 is 0 Å². The molecule has 3 unspecified atom stereocenters. The lowest BCUT2D eigenvalue weighted by atomic mass is 9.71. The molecule has 2 heteroatoms. The highest BCUT2D eigenvalue weighted by Crippen LogP contribution is 2.41. The Balaban J connectivity index is 2.12. The van der Waals surface area contributed by atoms with Crippen LogP contribution >= 0.6 is 0 Å². The van der Waals surface area contributed by atoms with E-state index < -0.39 is 0 Å². The lowest BCUT2D eigenvalue weighted by Crippen LogP contribution is -2.67. The minimum Gasteiger partial charge on any atom is -0.296 e. The number of rotatable bonds is 2. The van der Waals surface area contributed by atoms with Crippen LogP contribution in [0.25, 0.3) is 0 Å². The topological polar surface area (TPSA) is 15.6 Å². The summed E-state index contributed by atoms with van der Waals surface area (Å²) < 4.78 is 0. The lowest BCUT2D eigenvalue weighted by molar-refractivity contribution is -0.0798. The van der Waals surface area contributed by atoms with Gasteiger partial charge in [0.25, 0.3) is 0 Å². The third-order valence-corrected chi connectivity index (χ3v) is 5.42. The van der Waals surface area contributed by atoms with Gasteiger partial charge in [-0.2, -0.15) is 0 Å². The molecule has 2 heterocycles. The molecule has 116 valence electrons. The van der Waals surface area contributed by atoms with Crippen LogP contribution in [0.5, 0.6) is 0 Å². The zero-order valence-corrected chi connectivity index (χ0v) is 14.6. The molecule has 0 saturated carbocycles. The third kappa shape index (κ3) is 3.27. The van der Waals surface area contributed by atoms with Crippen molar-refractivity contribution in [1.82, 2.24) is 4.90 Å². The van der Waals surface area contributed by atoms with Crippen molar-refractivity contribution >= 4 is 6.21 Å². The van der Waals surface area contributed by atoms with Gasteiger partial charge in [0.1, 0.15) is 0 Å². The standard InChI is InChI=1S/C18H34N2/c1-12(2)17-14(4)20-11-15(8-18(5,6)7)13(3)9-19-10-16(17)20/h9,12-17H,8,10-11H2,1-7H3/b19-9-/t13-,14?,15+,16?,17?/m1/s1. The molecule has 0 aromatic carbocycles. The highest BCUT2D eigenvalue weighted by atomic mass is 15.3. The first-order valence-electron chi connectivity index (χ1n) is 8.46. The van der Waals surface area contributed by atoms with Crippen LogP contribution in [0.2, 0.25) is 0 Å². The van der Waals surface area contributed by atoms with Crippen molar-refractivity contribution in [2.75, 3.05) is 13.1 Å². The molecule has 1 fully saturated rings. The Labute approximate surface area is 126 Å². The van der Waals surface area contributed by atoms with E-state index in [0.717, 1.165) is 30.3 Å². The summed E-state index contributed by atoms with van der Waals surface area (Å²) in [5.74, 6) is 2.97. The quantitative estimate of drug-likeness (QED) is 0.742. The highest BCUT2D eigenvalue weighted by molar-refractivity contribution is 5.61. The lowest BCUT2D eigenvalue weighted by Gasteiger charge is -2.57. The molecule has 0 N–H and O–H groups in total. The van der Waals surface area contributed by atoms with Crippen molar-refractivity contribution in [2.24, 2.45) is 34.1 Å². The molecule has 0 radical (unpaired) electrons.